The summed E-state index contributed by atoms with van der Waals surface area (Å²) in [6, 6.07) is 9.17. The average molecular weight is 234 g/mol. The molecule has 1 aliphatic heterocycles. The third kappa shape index (κ3) is 2.99. The van der Waals surface area contributed by atoms with Crippen LogP contribution in [-0.4, -0.2) is 30.2 Å². The van der Waals surface area contributed by atoms with Crippen molar-refractivity contribution in [1.82, 2.24) is 4.90 Å². The molecule has 1 atom stereocenters. The highest BCUT2D eigenvalue weighted by molar-refractivity contribution is 5.46. The van der Waals surface area contributed by atoms with E-state index in [0.29, 0.717) is 12.1 Å². The van der Waals surface area contributed by atoms with Crippen LogP contribution in [0, 0.1) is 0 Å². The van der Waals surface area contributed by atoms with E-state index >= 15 is 0 Å². The van der Waals surface area contributed by atoms with Gasteiger partial charge in [-0.3, -0.25) is 4.90 Å². The van der Waals surface area contributed by atoms with E-state index in [1.54, 1.807) is 0 Å². The fraction of sp³-hybridized carbons (Fsp3) is 0.571. The first-order valence-corrected chi connectivity index (χ1v) is 6.35. The Morgan fingerprint density at radius 1 is 1.41 bits per heavy atom. The summed E-state index contributed by atoms with van der Waals surface area (Å²) >= 11 is 0. The molecule has 0 spiro atoms. The third-order valence-electron chi connectivity index (χ3n) is 3.45. The number of hydrogen-bond donors (Lipinski definition) is 1. The van der Waals surface area contributed by atoms with Gasteiger partial charge in [-0.2, -0.15) is 0 Å². The van der Waals surface area contributed by atoms with Gasteiger partial charge in [0.05, 0.1) is 6.61 Å². The second kappa shape index (κ2) is 5.52. The van der Waals surface area contributed by atoms with Gasteiger partial charge in [-0.15, -0.1) is 0 Å². The number of benzene rings is 1. The minimum Gasteiger partial charge on any atom is -0.398 e. The van der Waals surface area contributed by atoms with Crippen LogP contribution in [0.3, 0.4) is 0 Å². The van der Waals surface area contributed by atoms with Crippen molar-refractivity contribution in [2.45, 2.75) is 38.9 Å². The number of ether oxygens (including phenoxy) is 1. The molecular formula is C14H22N2O. The van der Waals surface area contributed by atoms with Gasteiger partial charge < -0.3 is 10.5 Å². The zero-order chi connectivity index (χ0) is 12.3. The first-order chi connectivity index (χ1) is 8.18. The van der Waals surface area contributed by atoms with E-state index in [0.717, 1.165) is 31.9 Å². The lowest BCUT2D eigenvalue weighted by molar-refractivity contribution is 0.115. The van der Waals surface area contributed by atoms with Gasteiger partial charge in [0.15, 0.2) is 0 Å². The Hall–Kier alpha value is -1.06. The minimum atomic E-state index is 0.515. The maximum Gasteiger partial charge on any atom is 0.0622 e. The topological polar surface area (TPSA) is 38.5 Å². The van der Waals surface area contributed by atoms with Crippen LogP contribution >= 0.6 is 0 Å². The van der Waals surface area contributed by atoms with Gasteiger partial charge in [-0.25, -0.2) is 0 Å². The SMILES string of the molecule is CC(C)N(Cc1ccccc1N)C1CCOC1. The zero-order valence-electron chi connectivity index (χ0n) is 10.7. The van der Waals surface area contributed by atoms with Crippen molar-refractivity contribution in [2.24, 2.45) is 0 Å². The molecule has 2 N–H and O–H groups in total. The van der Waals surface area contributed by atoms with Crippen LogP contribution < -0.4 is 5.73 Å². The molecule has 1 saturated heterocycles. The largest absolute Gasteiger partial charge is 0.398 e. The summed E-state index contributed by atoms with van der Waals surface area (Å²) in [5, 5.41) is 0. The molecule has 1 aromatic rings. The van der Waals surface area contributed by atoms with E-state index in [9.17, 15) is 0 Å². The van der Waals surface area contributed by atoms with Crippen LogP contribution in [0.15, 0.2) is 24.3 Å². The molecule has 1 aliphatic rings. The van der Waals surface area contributed by atoms with Crippen LogP contribution in [0.4, 0.5) is 5.69 Å². The number of rotatable bonds is 4. The van der Waals surface area contributed by atoms with Gasteiger partial charge in [0.2, 0.25) is 0 Å². The molecule has 0 aromatic heterocycles. The lowest BCUT2D eigenvalue weighted by Crippen LogP contribution is -2.40. The van der Waals surface area contributed by atoms with E-state index in [4.69, 9.17) is 10.5 Å². The Kier molecular flexibility index (Phi) is 4.02. The summed E-state index contributed by atoms with van der Waals surface area (Å²) in [6.45, 7) is 7.12. The van der Waals surface area contributed by atoms with Crippen molar-refractivity contribution in [2.75, 3.05) is 18.9 Å². The predicted molar refractivity (Wildman–Crippen MR) is 70.8 cm³/mol. The number of nitrogens with two attached hydrogens (primary N) is 1. The van der Waals surface area contributed by atoms with Gasteiger partial charge in [-0.1, -0.05) is 18.2 Å². The Bertz CT molecular complexity index is 359. The molecule has 1 unspecified atom stereocenters. The fourth-order valence-corrected chi connectivity index (χ4v) is 2.39. The molecule has 3 heteroatoms. The molecule has 2 rings (SSSR count). The quantitative estimate of drug-likeness (QED) is 0.812. The monoisotopic (exact) mass is 234 g/mol. The molecular weight excluding hydrogens is 212 g/mol. The van der Waals surface area contributed by atoms with E-state index in [-0.39, 0.29) is 0 Å². The van der Waals surface area contributed by atoms with E-state index in [1.807, 2.05) is 12.1 Å². The van der Waals surface area contributed by atoms with Gasteiger partial charge in [-0.05, 0) is 31.9 Å². The van der Waals surface area contributed by atoms with Crippen molar-refractivity contribution in [3.05, 3.63) is 29.8 Å². The average Bonchev–Trinajstić information content (AvgIpc) is 2.81. The van der Waals surface area contributed by atoms with Crippen molar-refractivity contribution in [3.63, 3.8) is 0 Å². The van der Waals surface area contributed by atoms with Crippen LogP contribution in [0.2, 0.25) is 0 Å². The second-order valence-electron chi connectivity index (χ2n) is 4.98. The van der Waals surface area contributed by atoms with E-state index in [1.165, 1.54) is 5.56 Å². The summed E-state index contributed by atoms with van der Waals surface area (Å²) in [7, 11) is 0. The molecule has 94 valence electrons. The molecule has 0 bridgehead atoms. The smallest absolute Gasteiger partial charge is 0.0622 e. The van der Waals surface area contributed by atoms with E-state index < -0.39 is 0 Å². The molecule has 1 fully saturated rings. The highest BCUT2D eigenvalue weighted by Crippen LogP contribution is 2.21. The van der Waals surface area contributed by atoms with Crippen LogP contribution in [0.1, 0.15) is 25.8 Å². The Labute approximate surface area is 104 Å². The number of anilines is 1. The molecule has 0 radical (unpaired) electrons. The maximum absolute atomic E-state index is 6.01. The number of nitrogens with zero attached hydrogens (tertiary/aromatic N) is 1. The summed E-state index contributed by atoms with van der Waals surface area (Å²) < 4.78 is 5.48. The molecule has 3 nitrogen and oxygen atoms in total. The highest BCUT2D eigenvalue weighted by atomic mass is 16.5. The standard InChI is InChI=1S/C14H22N2O/c1-11(2)16(13-7-8-17-10-13)9-12-5-3-4-6-14(12)15/h3-6,11,13H,7-10,15H2,1-2H3. The lowest BCUT2D eigenvalue weighted by Gasteiger charge is -2.32. The number of para-hydroxylation sites is 1. The Morgan fingerprint density at radius 2 is 2.18 bits per heavy atom. The number of hydrogen-bond acceptors (Lipinski definition) is 3. The van der Waals surface area contributed by atoms with Crippen LogP contribution in [-0.2, 0) is 11.3 Å². The summed E-state index contributed by atoms with van der Waals surface area (Å²) in [5.74, 6) is 0. The van der Waals surface area contributed by atoms with Crippen LogP contribution in [0.25, 0.3) is 0 Å². The molecule has 1 heterocycles. The summed E-state index contributed by atoms with van der Waals surface area (Å²) in [6.07, 6.45) is 1.13. The highest BCUT2D eigenvalue weighted by Gasteiger charge is 2.25. The normalized spacial score (nSPS) is 20.4. The third-order valence-corrected chi connectivity index (χ3v) is 3.45. The van der Waals surface area contributed by atoms with Gasteiger partial charge in [0.25, 0.3) is 0 Å². The Morgan fingerprint density at radius 3 is 2.76 bits per heavy atom. The van der Waals surface area contributed by atoms with E-state index in [2.05, 4.69) is 30.9 Å². The van der Waals surface area contributed by atoms with Crippen molar-refractivity contribution in [1.29, 1.82) is 0 Å². The predicted octanol–water partition coefficient (Wildman–Crippen LogP) is 2.27. The fourth-order valence-electron chi connectivity index (χ4n) is 2.39. The zero-order valence-corrected chi connectivity index (χ0v) is 10.7. The minimum absolute atomic E-state index is 0.515. The lowest BCUT2D eigenvalue weighted by atomic mass is 10.1. The first kappa shape index (κ1) is 12.4. The number of nitrogen functional groups attached to an aromatic ring is 1. The van der Waals surface area contributed by atoms with Crippen molar-refractivity contribution < 1.29 is 4.74 Å². The summed E-state index contributed by atoms with van der Waals surface area (Å²) in [5.41, 5.74) is 8.11. The van der Waals surface area contributed by atoms with Crippen molar-refractivity contribution in [3.8, 4) is 0 Å². The molecule has 0 amide bonds. The maximum atomic E-state index is 6.01. The first-order valence-electron chi connectivity index (χ1n) is 6.35. The molecule has 17 heavy (non-hydrogen) atoms. The Balaban J connectivity index is 2.10. The van der Waals surface area contributed by atoms with Gasteiger partial charge >= 0.3 is 0 Å². The molecule has 0 saturated carbocycles. The molecule has 0 aliphatic carbocycles. The molecule has 1 aromatic carbocycles. The second-order valence-corrected chi connectivity index (χ2v) is 4.98. The van der Waals surface area contributed by atoms with Crippen molar-refractivity contribution >= 4 is 5.69 Å². The van der Waals surface area contributed by atoms with Gasteiger partial charge in [0, 0.05) is 30.9 Å². The summed E-state index contributed by atoms with van der Waals surface area (Å²) in [4.78, 5) is 2.48. The van der Waals surface area contributed by atoms with Crippen LogP contribution in [0.5, 0.6) is 0 Å². The van der Waals surface area contributed by atoms with Gasteiger partial charge in [0.1, 0.15) is 0 Å².